The number of nitriles is 1. The second-order valence-corrected chi connectivity index (χ2v) is 5.68. The van der Waals surface area contributed by atoms with Gasteiger partial charge in [-0.05, 0) is 55.5 Å². The second-order valence-electron chi connectivity index (χ2n) is 5.68. The molecule has 122 valence electrons. The number of methoxy groups -OCH3 is 1. The van der Waals surface area contributed by atoms with Gasteiger partial charge in [-0.1, -0.05) is 6.07 Å². The van der Waals surface area contributed by atoms with E-state index in [-0.39, 0.29) is 6.10 Å². The predicted octanol–water partition coefficient (Wildman–Crippen LogP) is 3.87. The Hall–Kier alpha value is -2.87. The van der Waals surface area contributed by atoms with Crippen LogP contribution in [0.3, 0.4) is 0 Å². The molecule has 5 nitrogen and oxygen atoms in total. The number of allylic oxidation sites excluding steroid dienone is 1. The lowest BCUT2D eigenvalue weighted by atomic mass is 10.1. The Bertz CT molecular complexity index is 760. The average Bonchev–Trinajstić information content (AvgIpc) is 3.13. The molecule has 0 saturated heterocycles. The van der Waals surface area contributed by atoms with Crippen LogP contribution in [0, 0.1) is 11.3 Å². The zero-order valence-electron chi connectivity index (χ0n) is 13.6. The highest BCUT2D eigenvalue weighted by Crippen LogP contribution is 2.31. The van der Waals surface area contributed by atoms with E-state index in [0.717, 1.165) is 18.4 Å². The topological polar surface area (TPSA) is 68.0 Å². The molecule has 1 fully saturated rings. The molecule has 0 aromatic carbocycles. The Labute approximate surface area is 141 Å². The first-order valence-corrected chi connectivity index (χ1v) is 8.04. The summed E-state index contributed by atoms with van der Waals surface area (Å²) in [7, 11) is 1.59. The summed E-state index contributed by atoms with van der Waals surface area (Å²) in [5.74, 6) is 1.04. The molecule has 2 aromatic rings. The molecule has 24 heavy (non-hydrogen) atoms. The van der Waals surface area contributed by atoms with Crippen LogP contribution in [0.5, 0.6) is 11.6 Å². The summed E-state index contributed by atoms with van der Waals surface area (Å²) in [6.07, 6.45) is 9.76. The number of hydrogen-bond donors (Lipinski definition) is 0. The Morgan fingerprint density at radius 3 is 2.79 bits per heavy atom. The molecule has 0 aliphatic heterocycles. The van der Waals surface area contributed by atoms with Gasteiger partial charge in [-0.25, -0.2) is 4.98 Å². The number of aromatic nitrogens is 2. The molecule has 1 saturated carbocycles. The normalized spacial score (nSPS) is 15.1. The van der Waals surface area contributed by atoms with Crippen molar-refractivity contribution in [3.8, 4) is 17.7 Å². The van der Waals surface area contributed by atoms with E-state index in [1.807, 2.05) is 12.1 Å². The van der Waals surface area contributed by atoms with Crippen molar-refractivity contribution in [3.05, 3.63) is 47.9 Å². The highest BCUT2D eigenvalue weighted by Gasteiger charge is 2.20. The summed E-state index contributed by atoms with van der Waals surface area (Å²) in [6, 6.07) is 9.48. The third-order valence-corrected chi connectivity index (χ3v) is 4.02. The zero-order valence-corrected chi connectivity index (χ0v) is 13.6. The van der Waals surface area contributed by atoms with Crippen molar-refractivity contribution in [1.29, 1.82) is 5.26 Å². The summed E-state index contributed by atoms with van der Waals surface area (Å²) in [5.41, 5.74) is 1.88. The lowest BCUT2D eigenvalue weighted by Crippen LogP contribution is -2.13. The molecular weight excluding hydrogens is 302 g/mol. The average molecular weight is 321 g/mol. The van der Waals surface area contributed by atoms with Crippen LogP contribution in [0.15, 0.2) is 36.7 Å². The minimum Gasteiger partial charge on any atom is -0.491 e. The van der Waals surface area contributed by atoms with Gasteiger partial charge >= 0.3 is 0 Å². The monoisotopic (exact) mass is 321 g/mol. The molecule has 1 aliphatic carbocycles. The summed E-state index contributed by atoms with van der Waals surface area (Å²) in [5, 5.41) is 9.49. The van der Waals surface area contributed by atoms with E-state index in [1.165, 1.54) is 12.8 Å². The standard InChI is InChI=1S/C19H19N3O2/c1-23-18-9-8-17(22-19(18)24-16-6-2-3-7-16)15(12-20)11-14-5-4-10-21-13-14/h4-5,8-11,13,16H,2-3,6-7H2,1H3/b15-11+. The van der Waals surface area contributed by atoms with Crippen molar-refractivity contribution in [2.24, 2.45) is 0 Å². The zero-order chi connectivity index (χ0) is 16.8. The van der Waals surface area contributed by atoms with Crippen molar-refractivity contribution in [2.75, 3.05) is 7.11 Å². The van der Waals surface area contributed by atoms with Gasteiger partial charge < -0.3 is 9.47 Å². The van der Waals surface area contributed by atoms with Gasteiger partial charge in [-0.3, -0.25) is 4.98 Å². The maximum absolute atomic E-state index is 9.49. The van der Waals surface area contributed by atoms with Crippen LogP contribution in [0.2, 0.25) is 0 Å². The van der Waals surface area contributed by atoms with E-state index in [0.29, 0.717) is 22.9 Å². The fourth-order valence-corrected chi connectivity index (χ4v) is 2.77. The lowest BCUT2D eigenvalue weighted by molar-refractivity contribution is 0.191. The Morgan fingerprint density at radius 2 is 2.12 bits per heavy atom. The van der Waals surface area contributed by atoms with E-state index in [1.54, 1.807) is 37.7 Å². The quantitative estimate of drug-likeness (QED) is 0.782. The summed E-state index contributed by atoms with van der Waals surface area (Å²) in [4.78, 5) is 8.58. The van der Waals surface area contributed by atoms with E-state index in [9.17, 15) is 5.26 Å². The number of nitrogens with zero attached hydrogens (tertiary/aromatic N) is 3. The van der Waals surface area contributed by atoms with Gasteiger partial charge in [-0.15, -0.1) is 0 Å². The van der Waals surface area contributed by atoms with Crippen LogP contribution in [-0.4, -0.2) is 23.2 Å². The van der Waals surface area contributed by atoms with Gasteiger partial charge in [0.1, 0.15) is 12.2 Å². The van der Waals surface area contributed by atoms with Gasteiger partial charge in [-0.2, -0.15) is 5.26 Å². The molecule has 0 amide bonds. The van der Waals surface area contributed by atoms with E-state index in [4.69, 9.17) is 9.47 Å². The maximum atomic E-state index is 9.49. The first-order valence-electron chi connectivity index (χ1n) is 8.04. The number of rotatable bonds is 5. The molecular formula is C19H19N3O2. The minimum atomic E-state index is 0.175. The smallest absolute Gasteiger partial charge is 0.257 e. The van der Waals surface area contributed by atoms with E-state index in [2.05, 4.69) is 16.0 Å². The van der Waals surface area contributed by atoms with Crippen LogP contribution in [0.1, 0.15) is 36.9 Å². The third-order valence-electron chi connectivity index (χ3n) is 4.02. The first kappa shape index (κ1) is 16.0. The molecule has 0 atom stereocenters. The largest absolute Gasteiger partial charge is 0.491 e. The van der Waals surface area contributed by atoms with Crippen molar-refractivity contribution in [1.82, 2.24) is 9.97 Å². The molecule has 0 bridgehead atoms. The highest BCUT2D eigenvalue weighted by atomic mass is 16.5. The molecule has 2 aromatic heterocycles. The number of pyridine rings is 2. The van der Waals surface area contributed by atoms with Gasteiger partial charge in [0.25, 0.3) is 5.88 Å². The lowest BCUT2D eigenvalue weighted by Gasteiger charge is -2.15. The Morgan fingerprint density at radius 1 is 1.29 bits per heavy atom. The van der Waals surface area contributed by atoms with Crippen LogP contribution < -0.4 is 9.47 Å². The SMILES string of the molecule is COc1ccc(/C(C#N)=C/c2cccnc2)nc1OC1CCCC1. The maximum Gasteiger partial charge on any atom is 0.257 e. The van der Waals surface area contributed by atoms with Gasteiger partial charge in [0, 0.05) is 12.4 Å². The summed E-state index contributed by atoms with van der Waals surface area (Å²) >= 11 is 0. The second kappa shape index (κ2) is 7.60. The minimum absolute atomic E-state index is 0.175. The fourth-order valence-electron chi connectivity index (χ4n) is 2.77. The van der Waals surface area contributed by atoms with Crippen molar-refractivity contribution < 1.29 is 9.47 Å². The van der Waals surface area contributed by atoms with E-state index < -0.39 is 0 Å². The van der Waals surface area contributed by atoms with Crippen molar-refractivity contribution in [3.63, 3.8) is 0 Å². The van der Waals surface area contributed by atoms with E-state index >= 15 is 0 Å². The van der Waals surface area contributed by atoms with Crippen LogP contribution in [0.4, 0.5) is 0 Å². The summed E-state index contributed by atoms with van der Waals surface area (Å²) < 4.78 is 11.3. The van der Waals surface area contributed by atoms with Crippen molar-refractivity contribution in [2.45, 2.75) is 31.8 Å². The highest BCUT2D eigenvalue weighted by molar-refractivity contribution is 5.88. The first-order chi connectivity index (χ1) is 11.8. The molecule has 0 radical (unpaired) electrons. The fraction of sp³-hybridized carbons (Fsp3) is 0.316. The molecule has 5 heteroatoms. The summed E-state index contributed by atoms with van der Waals surface area (Å²) in [6.45, 7) is 0. The Balaban J connectivity index is 1.92. The molecule has 1 aliphatic rings. The molecule has 2 heterocycles. The Kier molecular flexibility index (Phi) is 5.07. The predicted molar refractivity (Wildman–Crippen MR) is 91.4 cm³/mol. The molecule has 3 rings (SSSR count). The molecule has 0 N–H and O–H groups in total. The van der Waals surface area contributed by atoms with Gasteiger partial charge in [0.2, 0.25) is 0 Å². The van der Waals surface area contributed by atoms with Crippen LogP contribution in [0.25, 0.3) is 11.6 Å². The molecule has 0 unspecified atom stereocenters. The third kappa shape index (κ3) is 3.72. The van der Waals surface area contributed by atoms with Gasteiger partial charge in [0.05, 0.1) is 18.4 Å². The van der Waals surface area contributed by atoms with Gasteiger partial charge in [0.15, 0.2) is 5.75 Å². The molecule has 0 spiro atoms. The number of hydrogen-bond acceptors (Lipinski definition) is 5. The van der Waals surface area contributed by atoms with Crippen LogP contribution in [-0.2, 0) is 0 Å². The van der Waals surface area contributed by atoms with Crippen LogP contribution >= 0.6 is 0 Å². The number of ether oxygens (including phenoxy) is 2. The van der Waals surface area contributed by atoms with Crippen molar-refractivity contribution >= 4 is 11.6 Å².